The van der Waals surface area contributed by atoms with E-state index in [0.29, 0.717) is 6.42 Å². The molecule has 0 amide bonds. The van der Waals surface area contributed by atoms with Gasteiger partial charge in [0.25, 0.3) is 0 Å². The minimum atomic E-state index is -1.19. The Kier molecular flexibility index (Phi) is 3.96. The molecule has 0 spiro atoms. The van der Waals surface area contributed by atoms with Gasteiger partial charge in [0.05, 0.1) is 0 Å². The van der Waals surface area contributed by atoms with Crippen molar-refractivity contribution >= 4 is 5.97 Å². The number of aliphatic hydroxyl groups is 1. The molecule has 1 unspecified atom stereocenters. The normalized spacial score (nSPS) is 19.3. The zero-order valence-electron chi connectivity index (χ0n) is 7.70. The Bertz CT molecular complexity index is 208. The largest absolute Gasteiger partial charge is 0.479 e. The Morgan fingerprint density at radius 1 is 1.54 bits per heavy atom. The van der Waals surface area contributed by atoms with Crippen molar-refractivity contribution in [2.75, 3.05) is 0 Å². The molecular weight excluding hydrogens is 168 g/mol. The van der Waals surface area contributed by atoms with Crippen LogP contribution in [-0.4, -0.2) is 22.3 Å². The van der Waals surface area contributed by atoms with Gasteiger partial charge >= 0.3 is 5.97 Å². The smallest absolute Gasteiger partial charge is 0.332 e. The number of allylic oxidation sites excluding steroid dienone is 2. The Morgan fingerprint density at radius 3 is 2.85 bits per heavy atom. The highest BCUT2D eigenvalue weighted by atomic mass is 16.4. The van der Waals surface area contributed by atoms with E-state index in [4.69, 9.17) is 10.2 Å². The molecule has 1 aliphatic carbocycles. The number of hydrogen-bond acceptors (Lipinski definition) is 2. The maximum atomic E-state index is 10.3. The van der Waals surface area contributed by atoms with Crippen LogP contribution in [-0.2, 0) is 4.79 Å². The molecule has 13 heavy (non-hydrogen) atoms. The summed E-state index contributed by atoms with van der Waals surface area (Å²) in [7, 11) is 0. The topological polar surface area (TPSA) is 57.5 Å². The van der Waals surface area contributed by atoms with Crippen molar-refractivity contribution in [2.45, 2.75) is 44.6 Å². The predicted octanol–water partition coefficient (Wildman–Crippen LogP) is 1.71. The third-order valence-electron chi connectivity index (χ3n) is 2.41. The highest BCUT2D eigenvalue weighted by Gasteiger charge is 2.13. The standard InChI is InChI=1S/C10H16O3/c11-9(10(12)13)7-6-8-4-2-1-3-5-8/h4,9,11H,1-3,5-7H2,(H,12,13). The van der Waals surface area contributed by atoms with E-state index in [1.165, 1.54) is 18.4 Å². The van der Waals surface area contributed by atoms with Crippen LogP contribution in [0.15, 0.2) is 11.6 Å². The average Bonchev–Trinajstić information content (AvgIpc) is 2.15. The fourth-order valence-corrected chi connectivity index (χ4v) is 1.58. The summed E-state index contributed by atoms with van der Waals surface area (Å²) >= 11 is 0. The molecule has 0 aromatic carbocycles. The second-order valence-electron chi connectivity index (χ2n) is 3.50. The molecule has 74 valence electrons. The van der Waals surface area contributed by atoms with Crippen LogP contribution in [0.4, 0.5) is 0 Å². The van der Waals surface area contributed by atoms with Gasteiger partial charge in [0.1, 0.15) is 0 Å². The summed E-state index contributed by atoms with van der Waals surface area (Å²) in [4.78, 5) is 10.3. The molecule has 0 aromatic rings. The van der Waals surface area contributed by atoms with E-state index in [9.17, 15) is 4.79 Å². The summed E-state index contributed by atoms with van der Waals surface area (Å²) < 4.78 is 0. The number of hydrogen-bond donors (Lipinski definition) is 2. The van der Waals surface area contributed by atoms with Gasteiger partial charge in [0.2, 0.25) is 0 Å². The maximum Gasteiger partial charge on any atom is 0.332 e. The second kappa shape index (κ2) is 5.02. The van der Waals surface area contributed by atoms with Gasteiger partial charge in [0.15, 0.2) is 6.10 Å². The van der Waals surface area contributed by atoms with E-state index < -0.39 is 12.1 Å². The van der Waals surface area contributed by atoms with Crippen LogP contribution in [0, 0.1) is 0 Å². The highest BCUT2D eigenvalue weighted by Crippen LogP contribution is 2.21. The van der Waals surface area contributed by atoms with E-state index >= 15 is 0 Å². The monoisotopic (exact) mass is 184 g/mol. The third kappa shape index (κ3) is 3.59. The summed E-state index contributed by atoms with van der Waals surface area (Å²) in [5.74, 6) is -1.11. The van der Waals surface area contributed by atoms with E-state index in [-0.39, 0.29) is 0 Å². The lowest BCUT2D eigenvalue weighted by Gasteiger charge is -2.13. The minimum absolute atomic E-state index is 0.348. The Labute approximate surface area is 78.1 Å². The summed E-state index contributed by atoms with van der Waals surface area (Å²) in [6.07, 6.45) is 6.69. The fraction of sp³-hybridized carbons (Fsp3) is 0.700. The molecule has 0 saturated carbocycles. The van der Waals surface area contributed by atoms with Gasteiger partial charge < -0.3 is 10.2 Å². The van der Waals surface area contributed by atoms with Gasteiger partial charge in [-0.2, -0.15) is 0 Å². The first kappa shape index (κ1) is 10.3. The molecule has 1 aliphatic rings. The predicted molar refractivity (Wildman–Crippen MR) is 49.4 cm³/mol. The quantitative estimate of drug-likeness (QED) is 0.654. The number of carboxylic acid groups (broad SMARTS) is 1. The Balaban J connectivity index is 2.25. The molecule has 0 aromatic heterocycles. The number of carboxylic acids is 1. The first-order chi connectivity index (χ1) is 6.20. The van der Waals surface area contributed by atoms with Gasteiger partial charge in [-0.3, -0.25) is 0 Å². The molecule has 0 fully saturated rings. The molecule has 3 heteroatoms. The number of aliphatic hydroxyl groups excluding tert-OH is 1. The lowest BCUT2D eigenvalue weighted by molar-refractivity contribution is -0.146. The zero-order chi connectivity index (χ0) is 9.68. The third-order valence-corrected chi connectivity index (χ3v) is 2.41. The highest BCUT2D eigenvalue weighted by molar-refractivity contribution is 5.71. The molecule has 2 N–H and O–H groups in total. The molecule has 0 bridgehead atoms. The van der Waals surface area contributed by atoms with Crippen molar-refractivity contribution in [3.8, 4) is 0 Å². The Morgan fingerprint density at radius 2 is 2.31 bits per heavy atom. The number of carbonyl (C=O) groups is 1. The first-order valence-corrected chi connectivity index (χ1v) is 4.79. The van der Waals surface area contributed by atoms with Gasteiger partial charge in [-0.05, 0) is 38.5 Å². The fourth-order valence-electron chi connectivity index (χ4n) is 1.58. The molecular formula is C10H16O3. The van der Waals surface area contributed by atoms with Crippen molar-refractivity contribution in [1.29, 1.82) is 0 Å². The SMILES string of the molecule is O=C(O)C(O)CCC1=CCCCC1. The minimum Gasteiger partial charge on any atom is -0.479 e. The summed E-state index contributed by atoms with van der Waals surface area (Å²) in [5.41, 5.74) is 1.31. The summed E-state index contributed by atoms with van der Waals surface area (Å²) in [6.45, 7) is 0. The average molecular weight is 184 g/mol. The number of rotatable bonds is 4. The van der Waals surface area contributed by atoms with Crippen molar-refractivity contribution in [3.63, 3.8) is 0 Å². The molecule has 0 saturated heterocycles. The van der Waals surface area contributed by atoms with E-state index in [1.807, 2.05) is 0 Å². The van der Waals surface area contributed by atoms with Crippen LogP contribution in [0.2, 0.25) is 0 Å². The zero-order valence-corrected chi connectivity index (χ0v) is 7.70. The summed E-state index contributed by atoms with van der Waals surface area (Å²) in [6, 6.07) is 0. The molecule has 0 heterocycles. The van der Waals surface area contributed by atoms with Gasteiger partial charge in [-0.1, -0.05) is 11.6 Å². The van der Waals surface area contributed by atoms with Crippen LogP contribution in [0.3, 0.4) is 0 Å². The molecule has 1 rings (SSSR count). The number of aliphatic carboxylic acids is 1. The molecule has 3 nitrogen and oxygen atoms in total. The van der Waals surface area contributed by atoms with Gasteiger partial charge in [0, 0.05) is 0 Å². The van der Waals surface area contributed by atoms with Crippen molar-refractivity contribution in [2.24, 2.45) is 0 Å². The van der Waals surface area contributed by atoms with Crippen LogP contribution in [0.1, 0.15) is 38.5 Å². The van der Waals surface area contributed by atoms with Crippen molar-refractivity contribution in [3.05, 3.63) is 11.6 Å². The summed E-state index contributed by atoms with van der Waals surface area (Å²) in [5, 5.41) is 17.5. The van der Waals surface area contributed by atoms with Gasteiger partial charge in [-0.25, -0.2) is 4.79 Å². The van der Waals surface area contributed by atoms with E-state index in [0.717, 1.165) is 19.3 Å². The van der Waals surface area contributed by atoms with Crippen molar-refractivity contribution in [1.82, 2.24) is 0 Å². The maximum absolute atomic E-state index is 10.3. The van der Waals surface area contributed by atoms with Crippen LogP contribution >= 0.6 is 0 Å². The molecule has 1 atom stereocenters. The van der Waals surface area contributed by atoms with Crippen LogP contribution < -0.4 is 0 Å². The van der Waals surface area contributed by atoms with Crippen LogP contribution in [0.5, 0.6) is 0 Å². The lowest BCUT2D eigenvalue weighted by atomic mass is 9.95. The van der Waals surface area contributed by atoms with E-state index in [1.54, 1.807) is 0 Å². The second-order valence-corrected chi connectivity index (χ2v) is 3.50. The van der Waals surface area contributed by atoms with E-state index in [2.05, 4.69) is 6.08 Å². The van der Waals surface area contributed by atoms with Crippen LogP contribution in [0.25, 0.3) is 0 Å². The molecule has 0 radical (unpaired) electrons. The van der Waals surface area contributed by atoms with Crippen molar-refractivity contribution < 1.29 is 15.0 Å². The lowest BCUT2D eigenvalue weighted by Crippen LogP contribution is -2.19. The molecule has 0 aliphatic heterocycles. The Hall–Kier alpha value is -0.830. The first-order valence-electron chi connectivity index (χ1n) is 4.79. The van der Waals surface area contributed by atoms with Gasteiger partial charge in [-0.15, -0.1) is 0 Å².